The van der Waals surface area contributed by atoms with E-state index in [1.54, 1.807) is 23.7 Å². The van der Waals surface area contributed by atoms with Crippen molar-refractivity contribution in [2.24, 2.45) is 4.99 Å². The van der Waals surface area contributed by atoms with Gasteiger partial charge in [0, 0.05) is 57.0 Å². The molecule has 2 aromatic heterocycles. The van der Waals surface area contributed by atoms with E-state index in [-0.39, 0.29) is 24.0 Å². The summed E-state index contributed by atoms with van der Waals surface area (Å²) in [5, 5.41) is 7.89. The zero-order valence-corrected chi connectivity index (χ0v) is 20.5. The lowest BCUT2D eigenvalue weighted by Crippen LogP contribution is -2.47. The number of guanidine groups is 1. The molecular formula is C19H31IN8S. The molecule has 1 aliphatic heterocycles. The maximum absolute atomic E-state index is 4.47. The van der Waals surface area contributed by atoms with Gasteiger partial charge in [0.25, 0.3) is 0 Å². The number of rotatable bonds is 7. The molecule has 3 rings (SSSR count). The van der Waals surface area contributed by atoms with Crippen LogP contribution in [-0.2, 0) is 6.54 Å². The highest BCUT2D eigenvalue weighted by molar-refractivity contribution is 14.0. The van der Waals surface area contributed by atoms with E-state index in [1.165, 1.54) is 4.88 Å². The Morgan fingerprint density at radius 2 is 1.86 bits per heavy atom. The molecule has 1 fully saturated rings. The van der Waals surface area contributed by atoms with E-state index in [2.05, 4.69) is 47.3 Å². The smallest absolute Gasteiger partial charge is 0.225 e. The molecule has 29 heavy (non-hydrogen) atoms. The van der Waals surface area contributed by atoms with Crippen molar-refractivity contribution in [3.63, 3.8) is 0 Å². The zero-order valence-electron chi connectivity index (χ0n) is 17.4. The van der Waals surface area contributed by atoms with Crippen LogP contribution in [0.3, 0.4) is 0 Å². The summed E-state index contributed by atoms with van der Waals surface area (Å²) in [5.74, 6) is 1.68. The summed E-state index contributed by atoms with van der Waals surface area (Å²) in [5.41, 5.74) is 1.10. The summed E-state index contributed by atoms with van der Waals surface area (Å²) in [4.78, 5) is 23.5. The zero-order chi connectivity index (χ0) is 19.8. The quantitative estimate of drug-likeness (QED) is 0.246. The van der Waals surface area contributed by atoms with Gasteiger partial charge in [-0.25, -0.2) is 15.0 Å². The highest BCUT2D eigenvalue weighted by Gasteiger charge is 2.18. The first kappa shape index (κ1) is 23.7. The highest BCUT2D eigenvalue weighted by Crippen LogP contribution is 2.16. The van der Waals surface area contributed by atoms with Gasteiger partial charge in [0.15, 0.2) is 5.96 Å². The Kier molecular flexibility index (Phi) is 10.0. The van der Waals surface area contributed by atoms with Crippen LogP contribution in [0.4, 0.5) is 5.95 Å². The van der Waals surface area contributed by atoms with Gasteiger partial charge in [-0.3, -0.25) is 9.89 Å². The van der Waals surface area contributed by atoms with Crippen LogP contribution in [0, 0.1) is 13.8 Å². The number of halogens is 1. The summed E-state index contributed by atoms with van der Waals surface area (Å²) in [6.07, 6.45) is 4.69. The molecule has 0 radical (unpaired) electrons. The summed E-state index contributed by atoms with van der Waals surface area (Å²) < 4.78 is 0. The number of hydrogen-bond acceptors (Lipinski definition) is 7. The molecule has 0 unspecified atom stereocenters. The minimum absolute atomic E-state index is 0. The van der Waals surface area contributed by atoms with Gasteiger partial charge in [-0.1, -0.05) is 0 Å². The Bertz CT molecular complexity index is 759. The van der Waals surface area contributed by atoms with Crippen LogP contribution in [0.25, 0.3) is 0 Å². The second-order valence-electron chi connectivity index (χ2n) is 6.83. The molecule has 0 spiro atoms. The number of piperazine rings is 1. The molecular weight excluding hydrogens is 499 g/mol. The first-order valence-corrected chi connectivity index (χ1v) is 10.6. The molecule has 0 aromatic carbocycles. The van der Waals surface area contributed by atoms with Crippen LogP contribution >= 0.6 is 35.3 Å². The first-order valence-electron chi connectivity index (χ1n) is 9.77. The molecule has 160 valence electrons. The molecule has 8 nitrogen and oxygen atoms in total. The fraction of sp³-hybridized carbons (Fsp3) is 0.579. The number of nitrogens with zero attached hydrogens (tertiary/aromatic N) is 6. The average molecular weight is 530 g/mol. The highest BCUT2D eigenvalue weighted by atomic mass is 127. The summed E-state index contributed by atoms with van der Waals surface area (Å²) in [6, 6.07) is 1.86. The standard InChI is InChI=1S/C19H30N8S.HI/c1-15-17(28-16(2)25-15)14-24-18(20-3)21-8-5-9-26-10-12-27(13-11-26)19-22-6-4-7-23-19;/h4,6-7H,5,8-14H2,1-3H3,(H2,20,21,24);1H. The van der Waals surface area contributed by atoms with Crippen molar-refractivity contribution in [1.82, 2.24) is 30.5 Å². The van der Waals surface area contributed by atoms with E-state index < -0.39 is 0 Å². The van der Waals surface area contributed by atoms with E-state index in [9.17, 15) is 0 Å². The van der Waals surface area contributed by atoms with E-state index >= 15 is 0 Å². The van der Waals surface area contributed by atoms with Gasteiger partial charge < -0.3 is 15.5 Å². The Labute approximate surface area is 194 Å². The van der Waals surface area contributed by atoms with Crippen LogP contribution in [0.5, 0.6) is 0 Å². The maximum Gasteiger partial charge on any atom is 0.225 e. The first-order chi connectivity index (χ1) is 13.7. The molecule has 3 heterocycles. The Morgan fingerprint density at radius 3 is 2.48 bits per heavy atom. The van der Waals surface area contributed by atoms with Crippen LogP contribution in [0.2, 0.25) is 0 Å². The van der Waals surface area contributed by atoms with Gasteiger partial charge in [0.05, 0.1) is 17.2 Å². The van der Waals surface area contributed by atoms with Gasteiger partial charge in [-0.15, -0.1) is 35.3 Å². The van der Waals surface area contributed by atoms with Crippen molar-refractivity contribution in [3.05, 3.63) is 34.0 Å². The lowest BCUT2D eigenvalue weighted by Gasteiger charge is -2.34. The molecule has 0 bridgehead atoms. The minimum Gasteiger partial charge on any atom is -0.356 e. The lowest BCUT2D eigenvalue weighted by atomic mass is 10.3. The second kappa shape index (κ2) is 12.2. The van der Waals surface area contributed by atoms with Crippen molar-refractivity contribution >= 4 is 47.2 Å². The van der Waals surface area contributed by atoms with Crippen molar-refractivity contribution in [2.45, 2.75) is 26.8 Å². The minimum atomic E-state index is 0. The van der Waals surface area contributed by atoms with Crippen LogP contribution in [0.1, 0.15) is 22.0 Å². The van der Waals surface area contributed by atoms with Crippen molar-refractivity contribution in [3.8, 4) is 0 Å². The predicted molar refractivity (Wildman–Crippen MR) is 131 cm³/mol. The molecule has 2 N–H and O–H groups in total. The third-order valence-electron chi connectivity index (χ3n) is 4.79. The van der Waals surface area contributed by atoms with E-state index in [4.69, 9.17) is 0 Å². The Morgan fingerprint density at radius 1 is 1.14 bits per heavy atom. The number of nitrogens with one attached hydrogen (secondary N) is 2. The number of aryl methyl sites for hydroxylation is 2. The van der Waals surface area contributed by atoms with Gasteiger partial charge in [-0.2, -0.15) is 0 Å². The molecule has 0 aliphatic carbocycles. The molecule has 2 aromatic rings. The Balaban J connectivity index is 0.00000300. The number of aromatic nitrogens is 3. The van der Waals surface area contributed by atoms with Crippen molar-refractivity contribution < 1.29 is 0 Å². The number of hydrogen-bond donors (Lipinski definition) is 2. The number of anilines is 1. The Hall–Kier alpha value is -1.53. The van der Waals surface area contributed by atoms with Gasteiger partial charge in [0.1, 0.15) is 0 Å². The molecule has 0 atom stereocenters. The third-order valence-corrected chi connectivity index (χ3v) is 5.86. The fourth-order valence-electron chi connectivity index (χ4n) is 3.26. The van der Waals surface area contributed by atoms with Crippen molar-refractivity contribution in [1.29, 1.82) is 0 Å². The van der Waals surface area contributed by atoms with Crippen molar-refractivity contribution in [2.75, 3.05) is 51.2 Å². The van der Waals surface area contributed by atoms with Gasteiger partial charge >= 0.3 is 0 Å². The lowest BCUT2D eigenvalue weighted by molar-refractivity contribution is 0.254. The molecule has 0 saturated carbocycles. The molecule has 10 heteroatoms. The maximum atomic E-state index is 4.47. The van der Waals surface area contributed by atoms with Gasteiger partial charge in [-0.05, 0) is 32.9 Å². The molecule has 1 saturated heterocycles. The second-order valence-corrected chi connectivity index (χ2v) is 8.11. The normalized spacial score (nSPS) is 15.1. The number of thiazole rings is 1. The number of aliphatic imine (C=N–C) groups is 1. The monoisotopic (exact) mass is 530 g/mol. The summed E-state index contributed by atoms with van der Waals surface area (Å²) in [7, 11) is 1.81. The SMILES string of the molecule is CN=C(NCCCN1CCN(c2ncccn2)CC1)NCc1sc(C)nc1C.I. The molecule has 0 amide bonds. The third kappa shape index (κ3) is 7.34. The summed E-state index contributed by atoms with van der Waals surface area (Å²) >= 11 is 1.74. The predicted octanol–water partition coefficient (Wildman–Crippen LogP) is 2.05. The topological polar surface area (TPSA) is 81.6 Å². The van der Waals surface area contributed by atoms with Crippen LogP contribution < -0.4 is 15.5 Å². The fourth-order valence-corrected chi connectivity index (χ4v) is 4.13. The molecule has 1 aliphatic rings. The van der Waals surface area contributed by atoms with Crippen LogP contribution in [-0.4, -0.2) is 72.1 Å². The average Bonchev–Trinajstić information content (AvgIpc) is 3.05. The summed E-state index contributed by atoms with van der Waals surface area (Å²) in [6.45, 7) is 10.9. The largest absolute Gasteiger partial charge is 0.356 e. The van der Waals surface area contributed by atoms with E-state index in [1.807, 2.05) is 20.0 Å². The van der Waals surface area contributed by atoms with E-state index in [0.717, 1.165) is 74.8 Å². The van der Waals surface area contributed by atoms with E-state index in [0.29, 0.717) is 0 Å². The van der Waals surface area contributed by atoms with Gasteiger partial charge in [0.2, 0.25) is 5.95 Å². The van der Waals surface area contributed by atoms with Crippen LogP contribution in [0.15, 0.2) is 23.5 Å².